The van der Waals surface area contributed by atoms with E-state index in [1.165, 1.54) is 0 Å². The molecule has 1 saturated heterocycles. The van der Waals surface area contributed by atoms with Crippen molar-refractivity contribution in [2.24, 2.45) is 5.73 Å². The van der Waals surface area contributed by atoms with Crippen molar-refractivity contribution in [1.29, 1.82) is 0 Å². The van der Waals surface area contributed by atoms with Gasteiger partial charge in [-0.2, -0.15) is 0 Å². The molecule has 0 aliphatic carbocycles. The Morgan fingerprint density at radius 2 is 2.26 bits per heavy atom. The highest BCUT2D eigenvalue weighted by Crippen LogP contribution is 2.16. The molecule has 2 N–H and O–H groups in total. The van der Waals surface area contributed by atoms with Crippen LogP contribution in [-0.4, -0.2) is 42.6 Å². The van der Waals surface area contributed by atoms with E-state index in [1.54, 1.807) is 0 Å². The van der Waals surface area contributed by atoms with Crippen molar-refractivity contribution in [3.05, 3.63) is 35.4 Å². The van der Waals surface area contributed by atoms with Crippen LogP contribution in [0.1, 0.15) is 29.8 Å². The van der Waals surface area contributed by atoms with Crippen LogP contribution < -0.4 is 5.73 Å². The third kappa shape index (κ3) is 3.14. The summed E-state index contributed by atoms with van der Waals surface area (Å²) in [7, 11) is 0. The van der Waals surface area contributed by atoms with Crippen LogP contribution in [0.4, 0.5) is 0 Å². The molecule has 1 amide bonds. The number of rotatable bonds is 3. The minimum Gasteiger partial charge on any atom is -0.373 e. The van der Waals surface area contributed by atoms with E-state index in [4.69, 9.17) is 10.5 Å². The second-order valence-corrected chi connectivity index (χ2v) is 5.03. The van der Waals surface area contributed by atoms with Gasteiger partial charge >= 0.3 is 0 Å². The molecular formula is C15H22N2O2. The van der Waals surface area contributed by atoms with Crippen molar-refractivity contribution in [1.82, 2.24) is 4.90 Å². The number of carbonyl (C=O) groups is 1. The fourth-order valence-corrected chi connectivity index (χ4v) is 2.39. The Labute approximate surface area is 114 Å². The number of nitrogens with two attached hydrogens (primary N) is 1. The number of morpholine rings is 1. The average Bonchev–Trinajstić information content (AvgIpc) is 2.46. The summed E-state index contributed by atoms with van der Waals surface area (Å²) in [4.78, 5) is 14.4. The fourth-order valence-electron chi connectivity index (χ4n) is 2.39. The van der Waals surface area contributed by atoms with E-state index in [-0.39, 0.29) is 18.1 Å². The predicted octanol–water partition coefficient (Wildman–Crippen LogP) is 1.44. The van der Waals surface area contributed by atoms with Crippen molar-refractivity contribution in [3.8, 4) is 0 Å². The summed E-state index contributed by atoms with van der Waals surface area (Å²) < 4.78 is 5.59. The zero-order chi connectivity index (χ0) is 13.8. The third-order valence-corrected chi connectivity index (χ3v) is 3.60. The minimum absolute atomic E-state index is 0.0583. The topological polar surface area (TPSA) is 55.6 Å². The van der Waals surface area contributed by atoms with E-state index in [2.05, 4.69) is 6.92 Å². The molecule has 0 aromatic heterocycles. The molecule has 4 nitrogen and oxygen atoms in total. The van der Waals surface area contributed by atoms with Gasteiger partial charge in [0.15, 0.2) is 0 Å². The highest BCUT2D eigenvalue weighted by atomic mass is 16.5. The quantitative estimate of drug-likeness (QED) is 0.896. The minimum atomic E-state index is -0.0634. The first-order chi connectivity index (χ1) is 9.13. The molecule has 0 saturated carbocycles. The number of hydrogen-bond acceptors (Lipinski definition) is 3. The first kappa shape index (κ1) is 14.0. The van der Waals surface area contributed by atoms with Crippen molar-refractivity contribution in [2.45, 2.75) is 32.4 Å². The Balaban J connectivity index is 2.15. The van der Waals surface area contributed by atoms with Crippen LogP contribution >= 0.6 is 0 Å². The Morgan fingerprint density at radius 3 is 2.95 bits per heavy atom. The Kier molecular flexibility index (Phi) is 4.56. The molecule has 1 heterocycles. The second kappa shape index (κ2) is 6.17. The van der Waals surface area contributed by atoms with Crippen molar-refractivity contribution >= 4 is 5.91 Å². The molecular weight excluding hydrogens is 240 g/mol. The Morgan fingerprint density at radius 1 is 1.53 bits per heavy atom. The molecule has 1 aliphatic heterocycles. The fraction of sp³-hybridized carbons (Fsp3) is 0.533. The van der Waals surface area contributed by atoms with E-state index < -0.39 is 0 Å². The van der Waals surface area contributed by atoms with Crippen molar-refractivity contribution in [2.75, 3.05) is 19.7 Å². The summed E-state index contributed by atoms with van der Waals surface area (Å²) in [6.45, 7) is 5.76. The Hall–Kier alpha value is -1.39. The van der Waals surface area contributed by atoms with Crippen LogP contribution in [0.15, 0.2) is 24.3 Å². The number of ether oxygens (including phenoxy) is 1. The number of nitrogens with zero attached hydrogens (tertiary/aromatic N) is 1. The maximum absolute atomic E-state index is 12.6. The van der Waals surface area contributed by atoms with Crippen LogP contribution in [0.5, 0.6) is 0 Å². The molecule has 1 aromatic rings. The molecule has 4 heteroatoms. The summed E-state index contributed by atoms with van der Waals surface area (Å²) >= 11 is 0. The lowest BCUT2D eigenvalue weighted by molar-refractivity contribution is -0.0300. The van der Waals surface area contributed by atoms with E-state index >= 15 is 0 Å². The van der Waals surface area contributed by atoms with Gasteiger partial charge in [0.2, 0.25) is 0 Å². The van der Waals surface area contributed by atoms with Crippen LogP contribution in [0.25, 0.3) is 0 Å². The lowest BCUT2D eigenvalue weighted by Gasteiger charge is -2.35. The number of amides is 1. The number of carbonyl (C=O) groups excluding carboxylic acids is 1. The first-order valence-electron chi connectivity index (χ1n) is 6.87. The molecule has 1 aromatic carbocycles. The van der Waals surface area contributed by atoms with E-state index in [0.717, 1.165) is 17.5 Å². The van der Waals surface area contributed by atoms with Crippen LogP contribution in [-0.2, 0) is 11.2 Å². The van der Waals surface area contributed by atoms with Gasteiger partial charge in [0, 0.05) is 24.7 Å². The van der Waals surface area contributed by atoms with Crippen LogP contribution in [0, 0.1) is 0 Å². The summed E-state index contributed by atoms with van der Waals surface area (Å²) in [5.41, 5.74) is 7.76. The van der Waals surface area contributed by atoms with Gasteiger partial charge in [-0.3, -0.25) is 4.79 Å². The zero-order valence-electron chi connectivity index (χ0n) is 11.6. The number of aryl methyl sites for hydroxylation is 1. The van der Waals surface area contributed by atoms with Crippen LogP contribution in [0.3, 0.4) is 0 Å². The lowest BCUT2D eigenvalue weighted by atomic mass is 10.0. The molecule has 19 heavy (non-hydrogen) atoms. The molecule has 0 radical (unpaired) electrons. The lowest BCUT2D eigenvalue weighted by Crippen LogP contribution is -2.51. The maximum Gasteiger partial charge on any atom is 0.254 e. The van der Waals surface area contributed by atoms with Gasteiger partial charge in [0.05, 0.1) is 12.7 Å². The van der Waals surface area contributed by atoms with Crippen molar-refractivity contribution in [3.63, 3.8) is 0 Å². The number of benzene rings is 1. The smallest absolute Gasteiger partial charge is 0.254 e. The average molecular weight is 262 g/mol. The number of hydrogen-bond donors (Lipinski definition) is 1. The molecule has 104 valence electrons. The Bertz CT molecular complexity index is 446. The molecule has 1 aliphatic rings. The molecule has 0 bridgehead atoms. The molecule has 2 atom stereocenters. The normalized spacial score (nSPS) is 21.2. The summed E-state index contributed by atoms with van der Waals surface area (Å²) in [6, 6.07) is 7.74. The third-order valence-electron chi connectivity index (χ3n) is 3.60. The van der Waals surface area contributed by atoms with Crippen molar-refractivity contribution < 1.29 is 9.53 Å². The zero-order valence-corrected chi connectivity index (χ0v) is 11.6. The standard InChI is InChI=1S/C15H22N2O2/c1-3-12-6-4-5-7-13(12)15(18)17-8-9-19-14(10-17)11(2)16/h4-7,11,14H,3,8-10,16H2,1-2H3. The first-order valence-corrected chi connectivity index (χ1v) is 6.87. The molecule has 1 fully saturated rings. The SMILES string of the molecule is CCc1ccccc1C(=O)N1CCOC(C(C)N)C1. The molecule has 2 rings (SSSR count). The van der Waals surface area contributed by atoms with Gasteiger partial charge in [0.25, 0.3) is 5.91 Å². The maximum atomic E-state index is 12.6. The second-order valence-electron chi connectivity index (χ2n) is 5.03. The van der Waals surface area contributed by atoms with Gasteiger partial charge < -0.3 is 15.4 Å². The predicted molar refractivity (Wildman–Crippen MR) is 75.1 cm³/mol. The van der Waals surface area contributed by atoms with Gasteiger partial charge in [-0.05, 0) is 25.0 Å². The highest BCUT2D eigenvalue weighted by Gasteiger charge is 2.27. The van der Waals surface area contributed by atoms with E-state index in [1.807, 2.05) is 36.1 Å². The summed E-state index contributed by atoms with van der Waals surface area (Å²) in [5.74, 6) is 0.0893. The van der Waals surface area contributed by atoms with Gasteiger partial charge in [-0.15, -0.1) is 0 Å². The van der Waals surface area contributed by atoms with E-state index in [9.17, 15) is 4.79 Å². The van der Waals surface area contributed by atoms with Gasteiger partial charge in [0.1, 0.15) is 0 Å². The van der Waals surface area contributed by atoms with E-state index in [0.29, 0.717) is 19.7 Å². The molecule has 0 spiro atoms. The van der Waals surface area contributed by atoms with Gasteiger partial charge in [-0.25, -0.2) is 0 Å². The monoisotopic (exact) mass is 262 g/mol. The summed E-state index contributed by atoms with van der Waals surface area (Å²) in [6.07, 6.45) is 0.801. The van der Waals surface area contributed by atoms with Crippen LogP contribution in [0.2, 0.25) is 0 Å². The van der Waals surface area contributed by atoms with Gasteiger partial charge in [-0.1, -0.05) is 25.1 Å². The summed E-state index contributed by atoms with van der Waals surface area (Å²) in [5, 5.41) is 0. The molecule has 2 unspecified atom stereocenters. The largest absolute Gasteiger partial charge is 0.373 e. The highest BCUT2D eigenvalue weighted by molar-refractivity contribution is 5.95.